The number of nitrogens with one attached hydrogen (secondary N) is 1. The van der Waals surface area contributed by atoms with E-state index in [1.807, 2.05) is 27.9 Å². The van der Waals surface area contributed by atoms with Crippen LogP contribution in [0.2, 0.25) is 0 Å². The van der Waals surface area contributed by atoms with Crippen molar-refractivity contribution in [3.63, 3.8) is 0 Å². The quantitative estimate of drug-likeness (QED) is 0.447. The molecule has 0 fully saturated rings. The third-order valence-electron chi connectivity index (χ3n) is 3.04. The molecule has 25 heavy (non-hydrogen) atoms. The molecule has 2 rings (SSSR count). The largest absolute Gasteiger partial charge is 0.493 e. The van der Waals surface area contributed by atoms with Gasteiger partial charge in [0, 0.05) is 0 Å². The van der Waals surface area contributed by atoms with Gasteiger partial charge in [0.05, 0.1) is 24.3 Å². The van der Waals surface area contributed by atoms with Gasteiger partial charge in [0.25, 0.3) is 16.9 Å². The summed E-state index contributed by atoms with van der Waals surface area (Å²) >= 11 is 0. The smallest absolute Gasteiger partial charge is 0.294 e. The van der Waals surface area contributed by atoms with E-state index in [0.29, 0.717) is 18.3 Å². The number of imide groups is 1. The summed E-state index contributed by atoms with van der Waals surface area (Å²) in [6.07, 6.45) is 0. The first-order chi connectivity index (χ1) is 11.8. The number of fused-ring (bicyclic) bond motifs is 1. The van der Waals surface area contributed by atoms with E-state index >= 15 is 0 Å². The maximum Gasteiger partial charge on any atom is 0.294 e. The highest BCUT2D eigenvalue weighted by molar-refractivity contribution is 6.21. The van der Waals surface area contributed by atoms with E-state index in [-0.39, 0.29) is 24.3 Å². The van der Waals surface area contributed by atoms with E-state index in [0.717, 1.165) is 4.90 Å². The van der Waals surface area contributed by atoms with Gasteiger partial charge in [0.15, 0.2) is 0 Å². The van der Waals surface area contributed by atoms with Gasteiger partial charge >= 0.3 is 0 Å². The topological polar surface area (TPSA) is 111 Å². The Kier molecular flexibility index (Phi) is 7.80. The minimum atomic E-state index is -0.962. The maximum atomic E-state index is 12.2. The molecule has 0 spiro atoms. The maximum absolute atomic E-state index is 12.2. The monoisotopic (exact) mass is 353 g/mol. The highest BCUT2D eigenvalue weighted by Gasteiger charge is 2.35. The molecule has 0 aliphatic carbocycles. The standard InChI is InChI=1S/C14H16N2O6.C2H7N/c1-9(2)8-21-10-3-4-11-12(7-10)14(18)15(13(11)17)5-6-22-16(19)20;1-3-2/h3-4,7,9H,5-6,8H2,1-2H3;3H,1-2H3. The summed E-state index contributed by atoms with van der Waals surface area (Å²) in [5.74, 6) is -0.136. The Balaban J connectivity index is 0.000000970. The predicted octanol–water partition coefficient (Wildman–Crippen LogP) is 1.36. The van der Waals surface area contributed by atoms with Gasteiger partial charge in [-0.05, 0) is 38.2 Å². The molecule has 9 nitrogen and oxygen atoms in total. The molecule has 0 saturated heterocycles. The van der Waals surface area contributed by atoms with Crippen molar-refractivity contribution in [3.05, 3.63) is 39.4 Å². The number of nitrogens with zero attached hydrogens (tertiary/aromatic N) is 2. The van der Waals surface area contributed by atoms with E-state index in [2.05, 4.69) is 10.2 Å². The van der Waals surface area contributed by atoms with Crippen LogP contribution in [-0.4, -0.2) is 55.7 Å². The van der Waals surface area contributed by atoms with Gasteiger partial charge < -0.3 is 14.9 Å². The molecule has 138 valence electrons. The van der Waals surface area contributed by atoms with E-state index < -0.39 is 16.9 Å². The summed E-state index contributed by atoms with van der Waals surface area (Å²) in [6, 6.07) is 4.68. The molecule has 9 heteroatoms. The van der Waals surface area contributed by atoms with E-state index in [1.54, 1.807) is 6.07 Å². The van der Waals surface area contributed by atoms with Gasteiger partial charge in [-0.3, -0.25) is 14.5 Å². The second kappa shape index (κ2) is 9.58. The highest BCUT2D eigenvalue weighted by atomic mass is 16.9. The Labute approximate surface area is 146 Å². The number of rotatable bonds is 7. The van der Waals surface area contributed by atoms with Crippen LogP contribution in [0.15, 0.2) is 18.2 Å². The first kappa shape index (κ1) is 20.4. The lowest BCUT2D eigenvalue weighted by Gasteiger charge is -2.12. The van der Waals surface area contributed by atoms with Crippen LogP contribution in [0.25, 0.3) is 0 Å². The normalized spacial score (nSPS) is 12.6. The van der Waals surface area contributed by atoms with Crippen LogP contribution >= 0.6 is 0 Å². The molecule has 0 unspecified atom stereocenters. The molecule has 1 heterocycles. The number of carbonyl (C=O) groups is 2. The van der Waals surface area contributed by atoms with Crippen LogP contribution in [0, 0.1) is 16.0 Å². The minimum absolute atomic E-state index is 0.171. The molecular formula is C16H23N3O6. The highest BCUT2D eigenvalue weighted by Crippen LogP contribution is 2.26. The molecular weight excluding hydrogens is 330 g/mol. The zero-order valence-electron chi connectivity index (χ0n) is 14.8. The number of hydrogen-bond donors (Lipinski definition) is 1. The van der Waals surface area contributed by atoms with Crippen LogP contribution in [0.4, 0.5) is 0 Å². The van der Waals surface area contributed by atoms with Crippen molar-refractivity contribution in [2.75, 3.05) is 33.9 Å². The zero-order chi connectivity index (χ0) is 19.0. The Hall–Kier alpha value is -2.68. The van der Waals surface area contributed by atoms with Crippen LogP contribution in [0.5, 0.6) is 5.75 Å². The fourth-order valence-electron chi connectivity index (χ4n) is 2.03. The van der Waals surface area contributed by atoms with Crippen molar-refractivity contribution in [3.8, 4) is 5.75 Å². The van der Waals surface area contributed by atoms with Crippen LogP contribution < -0.4 is 10.1 Å². The molecule has 1 aliphatic heterocycles. The lowest BCUT2D eigenvalue weighted by atomic mass is 10.1. The first-order valence-electron chi connectivity index (χ1n) is 7.80. The SMILES string of the molecule is CC(C)COc1ccc2c(c1)C(=O)N(CCO[N+](=O)[O-])C2=O.CNC. The summed E-state index contributed by atoms with van der Waals surface area (Å²) in [4.78, 5) is 39.5. The van der Waals surface area contributed by atoms with Crippen molar-refractivity contribution < 1.29 is 24.3 Å². The van der Waals surface area contributed by atoms with E-state index in [4.69, 9.17) is 4.74 Å². The summed E-state index contributed by atoms with van der Waals surface area (Å²) in [7, 11) is 3.75. The number of carbonyl (C=O) groups excluding carboxylic acids is 2. The molecule has 0 saturated carbocycles. The molecule has 0 radical (unpaired) electrons. The fraction of sp³-hybridized carbons (Fsp3) is 0.500. The van der Waals surface area contributed by atoms with Crippen molar-refractivity contribution in [1.29, 1.82) is 0 Å². The summed E-state index contributed by atoms with van der Waals surface area (Å²) < 4.78 is 5.53. The molecule has 1 aliphatic rings. The van der Waals surface area contributed by atoms with Gasteiger partial charge in [0.2, 0.25) is 0 Å². The number of amides is 2. The van der Waals surface area contributed by atoms with Crippen molar-refractivity contribution in [2.24, 2.45) is 5.92 Å². The summed E-state index contributed by atoms with van der Waals surface area (Å²) in [5.41, 5.74) is 0.510. The van der Waals surface area contributed by atoms with Gasteiger partial charge in [-0.2, -0.15) is 0 Å². The molecule has 2 amide bonds. The van der Waals surface area contributed by atoms with Crippen LogP contribution in [0.1, 0.15) is 34.6 Å². The molecule has 0 bridgehead atoms. The third-order valence-corrected chi connectivity index (χ3v) is 3.04. The Morgan fingerprint density at radius 3 is 2.36 bits per heavy atom. The van der Waals surface area contributed by atoms with Crippen LogP contribution in [-0.2, 0) is 4.84 Å². The van der Waals surface area contributed by atoms with Crippen LogP contribution in [0.3, 0.4) is 0 Å². The average Bonchev–Trinajstić information content (AvgIpc) is 2.78. The molecule has 0 aromatic heterocycles. The second-order valence-corrected chi connectivity index (χ2v) is 5.73. The lowest BCUT2D eigenvalue weighted by molar-refractivity contribution is -0.757. The Bertz CT molecular complexity index is 632. The number of hydrogen-bond acceptors (Lipinski definition) is 7. The Morgan fingerprint density at radius 2 is 1.80 bits per heavy atom. The van der Waals surface area contributed by atoms with Gasteiger partial charge in [0.1, 0.15) is 12.4 Å². The molecule has 1 aromatic rings. The van der Waals surface area contributed by atoms with Gasteiger partial charge in [-0.25, -0.2) is 0 Å². The third kappa shape index (κ3) is 5.71. The summed E-state index contributed by atoms with van der Waals surface area (Å²) in [5, 5.41) is 11.9. The number of benzene rings is 1. The predicted molar refractivity (Wildman–Crippen MR) is 90.1 cm³/mol. The average molecular weight is 353 g/mol. The molecule has 1 aromatic carbocycles. The van der Waals surface area contributed by atoms with Crippen molar-refractivity contribution in [2.45, 2.75) is 13.8 Å². The number of ether oxygens (including phenoxy) is 1. The van der Waals surface area contributed by atoms with Crippen molar-refractivity contribution in [1.82, 2.24) is 10.2 Å². The first-order valence-corrected chi connectivity index (χ1v) is 7.80. The van der Waals surface area contributed by atoms with Crippen molar-refractivity contribution >= 4 is 11.8 Å². The Morgan fingerprint density at radius 1 is 1.20 bits per heavy atom. The van der Waals surface area contributed by atoms with Gasteiger partial charge in [-0.1, -0.05) is 13.8 Å². The molecule has 1 N–H and O–H groups in total. The van der Waals surface area contributed by atoms with E-state index in [1.165, 1.54) is 12.1 Å². The summed E-state index contributed by atoms with van der Waals surface area (Å²) in [6.45, 7) is 3.98. The lowest BCUT2D eigenvalue weighted by Crippen LogP contribution is -2.33. The molecule has 0 atom stereocenters. The zero-order valence-corrected chi connectivity index (χ0v) is 14.8. The van der Waals surface area contributed by atoms with Gasteiger partial charge in [-0.15, -0.1) is 10.1 Å². The minimum Gasteiger partial charge on any atom is -0.493 e. The second-order valence-electron chi connectivity index (χ2n) is 5.73. The van der Waals surface area contributed by atoms with E-state index in [9.17, 15) is 19.7 Å². The fourth-order valence-corrected chi connectivity index (χ4v) is 2.03.